The van der Waals surface area contributed by atoms with Crippen molar-refractivity contribution in [2.75, 3.05) is 48.6 Å². The zero-order valence-corrected chi connectivity index (χ0v) is 20.0. The van der Waals surface area contributed by atoms with Crippen LogP contribution in [0.1, 0.15) is 47.3 Å². The molecule has 6 nitrogen and oxygen atoms in total. The molecule has 6 heteroatoms. The Morgan fingerprint density at radius 2 is 1.55 bits per heavy atom. The van der Waals surface area contributed by atoms with Gasteiger partial charge >= 0.3 is 0 Å². The molecule has 0 N–H and O–H groups in total. The third-order valence-corrected chi connectivity index (χ3v) is 5.82. The molecule has 0 saturated carbocycles. The normalized spacial score (nSPS) is 17.1. The molecule has 0 aromatic heterocycles. The second kappa shape index (κ2) is 12.4. The van der Waals surface area contributed by atoms with E-state index in [1.807, 2.05) is 36.2 Å². The summed E-state index contributed by atoms with van der Waals surface area (Å²) in [6.07, 6.45) is 0.764. The van der Waals surface area contributed by atoms with Crippen molar-refractivity contribution < 1.29 is 28.5 Å². The van der Waals surface area contributed by atoms with Crippen LogP contribution < -0.4 is 18.9 Å². The van der Waals surface area contributed by atoms with Crippen molar-refractivity contribution in [1.82, 2.24) is 4.90 Å². The second-order valence-corrected chi connectivity index (χ2v) is 7.81. The van der Waals surface area contributed by atoms with Gasteiger partial charge in [0.1, 0.15) is 0 Å². The fraction of sp³-hybridized carbons (Fsp3) is 0.519. The van der Waals surface area contributed by atoms with Gasteiger partial charge in [0.15, 0.2) is 23.0 Å². The summed E-state index contributed by atoms with van der Waals surface area (Å²) in [5.41, 5.74) is -1.12. The zero-order valence-electron chi connectivity index (χ0n) is 27.0. The first kappa shape index (κ1) is 17.6. The third-order valence-electron chi connectivity index (χ3n) is 5.82. The van der Waals surface area contributed by atoms with E-state index >= 15 is 0 Å². The first-order valence-electron chi connectivity index (χ1n) is 14.2. The molecule has 0 radical (unpaired) electrons. The Kier molecular flexibility index (Phi) is 6.57. The maximum atomic E-state index is 10.5. The number of likely N-dealkylation sites (N-methyl/N-ethyl adjacent to an activating group) is 1. The van der Waals surface area contributed by atoms with Crippen molar-refractivity contribution in [2.45, 2.75) is 38.4 Å². The summed E-state index contributed by atoms with van der Waals surface area (Å²) in [5, 5.41) is 10.5. The Hall–Kier alpha value is -2.91. The first-order chi connectivity index (χ1) is 18.6. The lowest BCUT2D eigenvalue weighted by Gasteiger charge is -2.32. The van der Waals surface area contributed by atoms with Gasteiger partial charge in [0.05, 0.1) is 39.9 Å². The van der Waals surface area contributed by atoms with Crippen LogP contribution in [0.2, 0.25) is 0 Å². The predicted octanol–water partition coefficient (Wildman–Crippen LogP) is 5.09. The van der Waals surface area contributed by atoms with Crippen LogP contribution >= 0.6 is 0 Å². The summed E-state index contributed by atoms with van der Waals surface area (Å²) in [6.45, 7) is -5.54. The molecule has 1 atom stereocenters. The Morgan fingerprint density at radius 3 is 2.12 bits per heavy atom. The van der Waals surface area contributed by atoms with E-state index in [1.54, 1.807) is 14.2 Å². The van der Waals surface area contributed by atoms with Gasteiger partial charge in [-0.3, -0.25) is 0 Å². The zero-order chi connectivity index (χ0) is 30.4. The average Bonchev–Trinajstić information content (AvgIpc) is 2.92. The van der Waals surface area contributed by atoms with E-state index in [0.717, 1.165) is 5.56 Å². The molecule has 2 rings (SSSR count). The van der Waals surface area contributed by atoms with E-state index in [4.69, 9.17) is 28.5 Å². The summed E-state index contributed by atoms with van der Waals surface area (Å²) in [5.74, 6) is -1.35. The molecule has 0 spiro atoms. The Bertz CT molecular complexity index is 1170. The van der Waals surface area contributed by atoms with Crippen LogP contribution in [0, 0.1) is 17.2 Å². The molecule has 0 fully saturated rings. The summed E-state index contributed by atoms with van der Waals surface area (Å²) in [7, 11) is 7.82. The molecule has 2 aromatic rings. The Labute approximate surface area is 208 Å². The SMILES string of the molecule is [2H]C([2H])([2H])C([2H])(C([2H])([2H])[2H])C(C#N)(CCCN(C)CCc1ccc(OC)c(OC)c1)c1ccc(OC)c(OC)c1. The number of hydrogen-bond acceptors (Lipinski definition) is 6. The molecule has 2 aromatic carbocycles. The van der Waals surface area contributed by atoms with Crippen LogP contribution in [0.15, 0.2) is 36.4 Å². The number of hydrogen-bond donors (Lipinski definition) is 0. The monoisotopic (exact) mass is 461 g/mol. The number of methoxy groups -OCH3 is 4. The minimum atomic E-state index is -3.31. The molecule has 0 heterocycles. The van der Waals surface area contributed by atoms with Crippen molar-refractivity contribution in [1.29, 1.82) is 5.26 Å². The van der Waals surface area contributed by atoms with Gasteiger partial charge < -0.3 is 23.8 Å². The minimum absolute atomic E-state index is 0.0721. The maximum Gasteiger partial charge on any atom is 0.161 e. The van der Waals surface area contributed by atoms with Gasteiger partial charge in [-0.1, -0.05) is 25.8 Å². The number of nitriles is 1. The van der Waals surface area contributed by atoms with Crippen molar-refractivity contribution >= 4 is 0 Å². The van der Waals surface area contributed by atoms with E-state index in [9.17, 15) is 5.26 Å². The van der Waals surface area contributed by atoms with Crippen LogP contribution in [0.3, 0.4) is 0 Å². The topological polar surface area (TPSA) is 64.0 Å². The maximum absolute atomic E-state index is 10.5. The van der Waals surface area contributed by atoms with E-state index in [0.29, 0.717) is 36.8 Å². The van der Waals surface area contributed by atoms with Gasteiger partial charge in [-0.05, 0) is 74.1 Å². The molecule has 180 valence electrons. The smallest absolute Gasteiger partial charge is 0.161 e. The van der Waals surface area contributed by atoms with Gasteiger partial charge in [-0.25, -0.2) is 0 Å². The van der Waals surface area contributed by atoms with Gasteiger partial charge in [0, 0.05) is 16.1 Å². The number of nitrogens with zero attached hydrogens (tertiary/aromatic N) is 2. The lowest BCUT2D eigenvalue weighted by molar-refractivity contribution is 0.292. The lowest BCUT2D eigenvalue weighted by Crippen LogP contribution is -2.32. The second-order valence-electron chi connectivity index (χ2n) is 7.81. The van der Waals surface area contributed by atoms with Gasteiger partial charge in [0.25, 0.3) is 0 Å². The van der Waals surface area contributed by atoms with Crippen LogP contribution in [0.5, 0.6) is 23.0 Å². The van der Waals surface area contributed by atoms with E-state index in [2.05, 4.69) is 0 Å². The van der Waals surface area contributed by atoms with E-state index in [-0.39, 0.29) is 24.2 Å². The Morgan fingerprint density at radius 1 is 0.939 bits per heavy atom. The van der Waals surface area contributed by atoms with Gasteiger partial charge in [0.2, 0.25) is 0 Å². The van der Waals surface area contributed by atoms with Gasteiger partial charge in [-0.15, -0.1) is 0 Å². The highest BCUT2D eigenvalue weighted by molar-refractivity contribution is 5.47. The fourth-order valence-electron chi connectivity index (χ4n) is 3.77. The third kappa shape index (κ3) is 6.33. The van der Waals surface area contributed by atoms with Gasteiger partial charge in [-0.2, -0.15) is 5.26 Å². The van der Waals surface area contributed by atoms with Crippen LogP contribution in [-0.4, -0.2) is 53.5 Å². The standard InChI is InChI=1S/C27H38N2O4/c1-20(2)27(19-28,22-10-12-24(31-5)26(18-22)33-7)14-8-15-29(3)16-13-21-9-11-23(30-4)25(17-21)32-6/h9-12,17-18,20H,8,13-16H2,1-7H3/i1D3,2D3,20D. The molecular weight excluding hydrogens is 416 g/mol. The summed E-state index contributed by atoms with van der Waals surface area (Å²) in [6, 6.07) is 12.0. The molecule has 1 unspecified atom stereocenters. The molecule has 0 aliphatic rings. The summed E-state index contributed by atoms with van der Waals surface area (Å²) >= 11 is 0. The van der Waals surface area contributed by atoms with E-state index < -0.39 is 25.0 Å². The fourth-order valence-corrected chi connectivity index (χ4v) is 3.77. The molecule has 33 heavy (non-hydrogen) atoms. The number of ether oxygens (including phenoxy) is 4. The lowest BCUT2D eigenvalue weighted by atomic mass is 9.69. The number of benzene rings is 2. The van der Waals surface area contributed by atoms with Crippen molar-refractivity contribution in [2.24, 2.45) is 5.89 Å². The van der Waals surface area contributed by atoms with E-state index in [1.165, 1.54) is 32.4 Å². The highest BCUT2D eigenvalue weighted by atomic mass is 16.5. The highest BCUT2D eigenvalue weighted by Gasteiger charge is 2.36. The van der Waals surface area contributed by atoms with Crippen molar-refractivity contribution in [3.8, 4) is 29.1 Å². The molecule has 0 saturated heterocycles. The quantitative estimate of drug-likeness (QED) is 0.414. The molecular formula is C27H38N2O4. The summed E-state index contributed by atoms with van der Waals surface area (Å²) in [4.78, 5) is 2.00. The average molecular weight is 462 g/mol. The Balaban J connectivity index is 2.39. The molecule has 0 aliphatic carbocycles. The van der Waals surface area contributed by atoms with Crippen LogP contribution in [0.4, 0.5) is 0 Å². The minimum Gasteiger partial charge on any atom is -0.493 e. The van der Waals surface area contributed by atoms with Crippen molar-refractivity contribution in [3.63, 3.8) is 0 Å². The number of rotatable bonds is 13. The molecule has 0 aliphatic heterocycles. The van der Waals surface area contributed by atoms with Crippen LogP contribution in [-0.2, 0) is 11.8 Å². The predicted molar refractivity (Wildman–Crippen MR) is 132 cm³/mol. The van der Waals surface area contributed by atoms with Crippen molar-refractivity contribution in [3.05, 3.63) is 47.5 Å². The molecule has 0 amide bonds. The molecule has 0 bridgehead atoms. The largest absolute Gasteiger partial charge is 0.493 e. The van der Waals surface area contributed by atoms with Crippen LogP contribution in [0.25, 0.3) is 0 Å². The highest BCUT2D eigenvalue weighted by Crippen LogP contribution is 2.40. The first-order valence-corrected chi connectivity index (χ1v) is 10.7. The summed E-state index contributed by atoms with van der Waals surface area (Å²) < 4.78 is 79.0.